The number of hydrogen-bond acceptors (Lipinski definition) is 2. The SMILES string of the molecule is CCn1cc(C=O)c2c(OC)cccc21. The van der Waals surface area contributed by atoms with E-state index in [-0.39, 0.29) is 0 Å². The third-order valence-corrected chi connectivity index (χ3v) is 2.58. The summed E-state index contributed by atoms with van der Waals surface area (Å²) in [6.45, 7) is 2.89. The highest BCUT2D eigenvalue weighted by Gasteiger charge is 2.10. The predicted octanol–water partition coefficient (Wildman–Crippen LogP) is 2.48. The van der Waals surface area contributed by atoms with E-state index in [1.165, 1.54) is 0 Å². The summed E-state index contributed by atoms with van der Waals surface area (Å²) in [6.07, 6.45) is 2.73. The van der Waals surface area contributed by atoms with Gasteiger partial charge >= 0.3 is 0 Å². The fraction of sp³-hybridized carbons (Fsp3) is 0.250. The van der Waals surface area contributed by atoms with E-state index in [2.05, 4.69) is 0 Å². The van der Waals surface area contributed by atoms with Crippen molar-refractivity contribution >= 4 is 17.2 Å². The van der Waals surface area contributed by atoms with Gasteiger partial charge in [-0.05, 0) is 19.1 Å². The molecule has 0 radical (unpaired) electrons. The number of ether oxygens (including phenoxy) is 1. The summed E-state index contributed by atoms with van der Waals surface area (Å²) < 4.78 is 7.30. The van der Waals surface area contributed by atoms with E-state index in [4.69, 9.17) is 4.74 Å². The Morgan fingerprint density at radius 2 is 2.27 bits per heavy atom. The number of fused-ring (bicyclic) bond motifs is 1. The number of aryl methyl sites for hydroxylation is 1. The van der Waals surface area contributed by atoms with Crippen LogP contribution in [0.5, 0.6) is 5.75 Å². The molecular formula is C12H13NO2. The Bertz CT molecular complexity index is 500. The summed E-state index contributed by atoms with van der Waals surface area (Å²) in [4.78, 5) is 10.9. The molecule has 0 saturated carbocycles. The molecule has 78 valence electrons. The Morgan fingerprint density at radius 3 is 2.87 bits per heavy atom. The van der Waals surface area contributed by atoms with Crippen molar-refractivity contribution < 1.29 is 9.53 Å². The molecule has 0 amide bonds. The molecule has 1 heterocycles. The molecule has 3 heteroatoms. The molecule has 0 unspecified atom stereocenters. The first-order valence-electron chi connectivity index (χ1n) is 4.92. The highest BCUT2D eigenvalue weighted by atomic mass is 16.5. The predicted molar refractivity (Wildman–Crippen MR) is 59.6 cm³/mol. The molecule has 0 N–H and O–H groups in total. The number of carbonyl (C=O) groups excluding carboxylic acids is 1. The lowest BCUT2D eigenvalue weighted by atomic mass is 10.2. The summed E-state index contributed by atoms with van der Waals surface area (Å²) in [5, 5.41) is 0.900. The highest BCUT2D eigenvalue weighted by molar-refractivity contribution is 6.01. The zero-order valence-corrected chi connectivity index (χ0v) is 8.86. The van der Waals surface area contributed by atoms with Gasteiger partial charge in [0.2, 0.25) is 0 Å². The Labute approximate surface area is 88.3 Å². The van der Waals surface area contributed by atoms with Crippen molar-refractivity contribution in [1.29, 1.82) is 0 Å². The number of carbonyl (C=O) groups is 1. The van der Waals surface area contributed by atoms with Crippen molar-refractivity contribution in [2.45, 2.75) is 13.5 Å². The largest absolute Gasteiger partial charge is 0.496 e. The van der Waals surface area contributed by atoms with Gasteiger partial charge in [-0.15, -0.1) is 0 Å². The van der Waals surface area contributed by atoms with Gasteiger partial charge in [-0.3, -0.25) is 4.79 Å². The topological polar surface area (TPSA) is 31.2 Å². The second-order valence-electron chi connectivity index (χ2n) is 3.34. The molecule has 0 fully saturated rings. The Kier molecular flexibility index (Phi) is 2.46. The van der Waals surface area contributed by atoms with E-state index in [9.17, 15) is 4.79 Å². The third-order valence-electron chi connectivity index (χ3n) is 2.58. The molecule has 2 aromatic rings. The Hall–Kier alpha value is -1.77. The van der Waals surface area contributed by atoms with Crippen LogP contribution in [0.4, 0.5) is 0 Å². The first kappa shape index (κ1) is 9.77. The summed E-state index contributed by atoms with van der Waals surface area (Å²) in [5.74, 6) is 0.752. The van der Waals surface area contributed by atoms with Crippen LogP contribution >= 0.6 is 0 Å². The Balaban J connectivity index is 2.84. The van der Waals surface area contributed by atoms with Crippen LogP contribution in [0.3, 0.4) is 0 Å². The number of aromatic nitrogens is 1. The zero-order valence-electron chi connectivity index (χ0n) is 8.86. The van der Waals surface area contributed by atoms with Crippen molar-refractivity contribution in [1.82, 2.24) is 4.57 Å². The van der Waals surface area contributed by atoms with Crippen molar-refractivity contribution in [3.8, 4) is 5.75 Å². The maximum Gasteiger partial charge on any atom is 0.152 e. The monoisotopic (exact) mass is 203 g/mol. The molecular weight excluding hydrogens is 190 g/mol. The highest BCUT2D eigenvalue weighted by Crippen LogP contribution is 2.29. The third kappa shape index (κ3) is 1.40. The first-order valence-corrected chi connectivity index (χ1v) is 4.92. The van der Waals surface area contributed by atoms with E-state index in [0.717, 1.165) is 29.5 Å². The van der Waals surface area contributed by atoms with Gasteiger partial charge in [0.05, 0.1) is 18.0 Å². The minimum Gasteiger partial charge on any atom is -0.496 e. The average Bonchev–Trinajstić information content (AvgIpc) is 2.66. The van der Waals surface area contributed by atoms with Crippen LogP contribution < -0.4 is 4.74 Å². The van der Waals surface area contributed by atoms with Gasteiger partial charge in [-0.25, -0.2) is 0 Å². The first-order chi connectivity index (χ1) is 7.31. The van der Waals surface area contributed by atoms with E-state index in [1.54, 1.807) is 7.11 Å². The normalized spacial score (nSPS) is 10.5. The molecule has 0 aliphatic carbocycles. The lowest BCUT2D eigenvalue weighted by Crippen LogP contribution is -1.90. The van der Waals surface area contributed by atoms with E-state index in [1.807, 2.05) is 35.9 Å². The van der Waals surface area contributed by atoms with Crippen molar-refractivity contribution in [2.24, 2.45) is 0 Å². The molecule has 1 aromatic carbocycles. The van der Waals surface area contributed by atoms with Gasteiger partial charge in [0.25, 0.3) is 0 Å². The van der Waals surface area contributed by atoms with Crippen LogP contribution in [-0.2, 0) is 6.54 Å². The standard InChI is InChI=1S/C12H13NO2/c1-3-13-7-9(8-14)12-10(13)5-4-6-11(12)15-2/h4-8H,3H2,1-2H3. The quantitative estimate of drug-likeness (QED) is 0.717. The fourth-order valence-electron chi connectivity index (χ4n) is 1.87. The molecule has 1 aromatic heterocycles. The second kappa shape index (κ2) is 3.77. The lowest BCUT2D eigenvalue weighted by molar-refractivity contribution is 0.112. The minimum absolute atomic E-state index is 0.685. The van der Waals surface area contributed by atoms with Gasteiger partial charge in [0, 0.05) is 18.3 Å². The number of nitrogens with zero attached hydrogens (tertiary/aromatic N) is 1. The summed E-state index contributed by atoms with van der Waals surface area (Å²) in [7, 11) is 1.62. The summed E-state index contributed by atoms with van der Waals surface area (Å²) in [6, 6.07) is 5.80. The number of rotatable bonds is 3. The van der Waals surface area contributed by atoms with E-state index >= 15 is 0 Å². The molecule has 0 saturated heterocycles. The van der Waals surface area contributed by atoms with Crippen LogP contribution in [0.25, 0.3) is 10.9 Å². The van der Waals surface area contributed by atoms with Crippen LogP contribution in [-0.4, -0.2) is 18.0 Å². The summed E-state index contributed by atoms with van der Waals surface area (Å²) in [5.41, 5.74) is 1.73. The Morgan fingerprint density at radius 1 is 1.47 bits per heavy atom. The van der Waals surface area contributed by atoms with Crippen LogP contribution in [0.1, 0.15) is 17.3 Å². The van der Waals surface area contributed by atoms with Crippen molar-refractivity contribution in [3.63, 3.8) is 0 Å². The van der Waals surface area contributed by atoms with Crippen molar-refractivity contribution in [2.75, 3.05) is 7.11 Å². The second-order valence-corrected chi connectivity index (χ2v) is 3.34. The van der Waals surface area contributed by atoms with Crippen molar-refractivity contribution in [3.05, 3.63) is 30.0 Å². The number of methoxy groups -OCH3 is 1. The maximum absolute atomic E-state index is 10.9. The van der Waals surface area contributed by atoms with Gasteiger partial charge in [-0.2, -0.15) is 0 Å². The molecule has 0 atom stereocenters. The average molecular weight is 203 g/mol. The summed E-state index contributed by atoms with van der Waals surface area (Å²) >= 11 is 0. The van der Waals surface area contributed by atoms with Gasteiger partial charge in [0.1, 0.15) is 5.75 Å². The maximum atomic E-state index is 10.9. The van der Waals surface area contributed by atoms with Gasteiger partial charge in [-0.1, -0.05) is 6.07 Å². The van der Waals surface area contributed by atoms with E-state index in [0.29, 0.717) is 5.56 Å². The molecule has 15 heavy (non-hydrogen) atoms. The number of aldehydes is 1. The fourth-order valence-corrected chi connectivity index (χ4v) is 1.87. The lowest BCUT2D eigenvalue weighted by Gasteiger charge is -2.03. The van der Waals surface area contributed by atoms with Crippen LogP contribution in [0, 0.1) is 0 Å². The molecule has 0 aliphatic rings. The molecule has 3 nitrogen and oxygen atoms in total. The number of hydrogen-bond donors (Lipinski definition) is 0. The van der Waals surface area contributed by atoms with E-state index < -0.39 is 0 Å². The number of benzene rings is 1. The van der Waals surface area contributed by atoms with Crippen LogP contribution in [0.2, 0.25) is 0 Å². The smallest absolute Gasteiger partial charge is 0.152 e. The minimum atomic E-state index is 0.685. The van der Waals surface area contributed by atoms with Gasteiger partial charge in [0.15, 0.2) is 6.29 Å². The van der Waals surface area contributed by atoms with Gasteiger partial charge < -0.3 is 9.30 Å². The zero-order chi connectivity index (χ0) is 10.8. The molecule has 0 spiro atoms. The molecule has 2 rings (SSSR count). The molecule has 0 bridgehead atoms. The molecule has 0 aliphatic heterocycles. The van der Waals surface area contributed by atoms with Crippen LogP contribution in [0.15, 0.2) is 24.4 Å².